The summed E-state index contributed by atoms with van der Waals surface area (Å²) >= 11 is 7.63. The number of thiocarbonyl (C=S) groups is 1. The number of nitrogens with two attached hydrogens (primary N) is 1. The quantitative estimate of drug-likeness (QED) is 0.248. The lowest BCUT2D eigenvalue weighted by Gasteiger charge is -2.19. The number of benzene rings is 2. The Morgan fingerprint density at radius 1 is 1.14 bits per heavy atom. The summed E-state index contributed by atoms with van der Waals surface area (Å²) in [7, 11) is 0. The molecule has 1 saturated heterocycles. The fourth-order valence-corrected chi connectivity index (χ4v) is 5.54. The molecule has 1 aliphatic heterocycles. The number of carbonyl (C=O) groups excluding carboxylic acids is 2. The number of hydrogen-bond acceptors (Lipinski definition) is 8. The maximum atomic E-state index is 13.6. The van der Waals surface area contributed by atoms with E-state index in [9.17, 15) is 28.3 Å². The van der Waals surface area contributed by atoms with Gasteiger partial charge in [-0.2, -0.15) is 0 Å². The van der Waals surface area contributed by atoms with Gasteiger partial charge in [0.15, 0.2) is 11.6 Å². The van der Waals surface area contributed by atoms with Crippen LogP contribution in [0.3, 0.4) is 0 Å². The first kappa shape index (κ1) is 26.4. The molecule has 4 rings (SSSR count). The topological polar surface area (TPSA) is 133 Å². The number of thioether (sulfide) groups is 1. The van der Waals surface area contributed by atoms with Crippen LogP contribution in [-0.2, 0) is 9.59 Å². The van der Waals surface area contributed by atoms with Crippen molar-refractivity contribution in [3.05, 3.63) is 74.8 Å². The molecule has 1 fully saturated rings. The summed E-state index contributed by atoms with van der Waals surface area (Å²) in [4.78, 5) is 38.6. The monoisotopic (exact) mass is 561 g/mol. The van der Waals surface area contributed by atoms with Gasteiger partial charge in [0.25, 0.3) is 5.91 Å². The summed E-state index contributed by atoms with van der Waals surface area (Å²) in [5.41, 5.74) is 6.92. The summed E-state index contributed by atoms with van der Waals surface area (Å²) in [5, 5.41) is 23.0. The van der Waals surface area contributed by atoms with Crippen molar-refractivity contribution in [3.63, 3.8) is 0 Å². The molecule has 0 spiro atoms. The Kier molecular flexibility index (Phi) is 7.68. The number of carbonyl (C=O) groups is 3. The number of phenols is 1. The highest BCUT2D eigenvalue weighted by molar-refractivity contribution is 8.26. The molecule has 8 nitrogen and oxygen atoms in total. The van der Waals surface area contributed by atoms with Gasteiger partial charge in [0.1, 0.15) is 21.7 Å². The van der Waals surface area contributed by atoms with Crippen molar-refractivity contribution in [2.24, 2.45) is 5.73 Å². The third-order valence-electron chi connectivity index (χ3n) is 5.23. The van der Waals surface area contributed by atoms with Crippen LogP contribution in [0.2, 0.25) is 0 Å². The normalized spacial score (nSPS) is 15.3. The van der Waals surface area contributed by atoms with Crippen LogP contribution in [0.15, 0.2) is 52.7 Å². The van der Waals surface area contributed by atoms with Gasteiger partial charge in [0.05, 0.1) is 11.4 Å². The molecule has 2 amide bonds. The average Bonchev–Trinajstić information content (AvgIpc) is 3.41. The highest BCUT2D eigenvalue weighted by atomic mass is 32.2. The van der Waals surface area contributed by atoms with Gasteiger partial charge in [0, 0.05) is 16.6 Å². The van der Waals surface area contributed by atoms with Crippen LogP contribution >= 0.6 is 35.3 Å². The van der Waals surface area contributed by atoms with Crippen molar-refractivity contribution >= 4 is 69.2 Å². The van der Waals surface area contributed by atoms with Gasteiger partial charge in [-0.3, -0.25) is 14.5 Å². The van der Waals surface area contributed by atoms with Crippen LogP contribution in [-0.4, -0.2) is 49.8 Å². The molecule has 190 valence electrons. The molecule has 2 heterocycles. The molecule has 1 atom stereocenters. The lowest BCUT2D eigenvalue weighted by Crippen LogP contribution is -2.46. The first-order valence-electron chi connectivity index (χ1n) is 10.5. The standard InChI is InChI=1S/C24H17F2N3O5S3/c25-16-4-1-11(6-17(16)26)12-5-14(36-10-12)8-20-22(32)29(24(35)37-20)9-18(27)21(31)28-13-2-3-15(23(33)34)19(30)7-13/h1-8,10,18,30H,9,27H2,(H,28,31)(H,33,34)/t18-/m0/s1. The van der Waals surface area contributed by atoms with Gasteiger partial charge in [0.2, 0.25) is 5.91 Å². The maximum Gasteiger partial charge on any atom is 0.339 e. The molecule has 37 heavy (non-hydrogen) atoms. The Morgan fingerprint density at radius 3 is 2.57 bits per heavy atom. The van der Waals surface area contributed by atoms with Crippen LogP contribution in [0.4, 0.5) is 14.5 Å². The first-order valence-corrected chi connectivity index (χ1v) is 12.6. The van der Waals surface area contributed by atoms with Crippen LogP contribution in [0.25, 0.3) is 17.2 Å². The highest BCUT2D eigenvalue weighted by Gasteiger charge is 2.34. The number of halogens is 2. The van der Waals surface area contributed by atoms with Gasteiger partial charge in [-0.1, -0.05) is 30.0 Å². The van der Waals surface area contributed by atoms with Gasteiger partial charge in [-0.15, -0.1) is 11.3 Å². The largest absolute Gasteiger partial charge is 0.507 e. The van der Waals surface area contributed by atoms with E-state index in [0.717, 1.165) is 36.0 Å². The molecule has 5 N–H and O–H groups in total. The molecule has 3 aromatic rings. The summed E-state index contributed by atoms with van der Waals surface area (Å²) in [6.07, 6.45) is 1.62. The second-order valence-corrected chi connectivity index (χ2v) is 10.4. The summed E-state index contributed by atoms with van der Waals surface area (Å²) < 4.78 is 27.0. The van der Waals surface area contributed by atoms with Crippen LogP contribution in [0, 0.1) is 11.6 Å². The molecule has 0 radical (unpaired) electrons. The number of aromatic carboxylic acids is 1. The van der Waals surface area contributed by atoms with E-state index < -0.39 is 41.2 Å². The molecular weight excluding hydrogens is 544 g/mol. The molecular formula is C24H17F2N3O5S3. The average molecular weight is 562 g/mol. The Labute approximate surface area is 222 Å². The fraction of sp³-hybridized carbons (Fsp3) is 0.0833. The number of hydrogen-bond donors (Lipinski definition) is 4. The minimum Gasteiger partial charge on any atom is -0.507 e. The number of aromatic hydroxyl groups is 1. The molecule has 13 heteroatoms. The first-order chi connectivity index (χ1) is 17.5. The Hall–Kier alpha value is -3.65. The number of anilines is 1. The zero-order chi connectivity index (χ0) is 26.9. The number of amides is 2. The number of carboxylic acid groups (broad SMARTS) is 1. The number of carboxylic acids is 1. The third-order valence-corrected chi connectivity index (χ3v) is 7.49. The van der Waals surface area contributed by atoms with E-state index in [0.29, 0.717) is 20.9 Å². The van der Waals surface area contributed by atoms with Crippen LogP contribution < -0.4 is 11.1 Å². The number of thiophene rings is 1. The number of nitrogens with zero attached hydrogens (tertiary/aromatic N) is 1. The van der Waals surface area contributed by atoms with Crippen molar-refractivity contribution < 1.29 is 33.4 Å². The van der Waals surface area contributed by atoms with E-state index in [1.165, 1.54) is 28.4 Å². The summed E-state index contributed by atoms with van der Waals surface area (Å²) in [5.74, 6) is -4.86. The van der Waals surface area contributed by atoms with E-state index in [1.54, 1.807) is 17.5 Å². The predicted octanol–water partition coefficient (Wildman–Crippen LogP) is 4.26. The molecule has 1 aromatic heterocycles. The van der Waals surface area contributed by atoms with Crippen molar-refractivity contribution in [2.75, 3.05) is 11.9 Å². The van der Waals surface area contributed by atoms with Gasteiger partial charge in [-0.05, 0) is 52.9 Å². The second kappa shape index (κ2) is 10.8. The van der Waals surface area contributed by atoms with Gasteiger partial charge >= 0.3 is 5.97 Å². The third kappa shape index (κ3) is 5.85. The van der Waals surface area contributed by atoms with E-state index in [-0.39, 0.29) is 22.1 Å². The smallest absolute Gasteiger partial charge is 0.339 e. The molecule has 2 aromatic carbocycles. The van der Waals surface area contributed by atoms with Crippen molar-refractivity contribution in [3.8, 4) is 16.9 Å². The minimum atomic E-state index is -1.32. The number of nitrogens with one attached hydrogen (secondary N) is 1. The van der Waals surface area contributed by atoms with Crippen molar-refractivity contribution in [2.45, 2.75) is 6.04 Å². The molecule has 0 saturated carbocycles. The Morgan fingerprint density at radius 2 is 1.89 bits per heavy atom. The molecule has 1 aliphatic rings. The molecule has 0 bridgehead atoms. The molecule has 0 unspecified atom stereocenters. The lowest BCUT2D eigenvalue weighted by molar-refractivity contribution is -0.123. The summed E-state index contributed by atoms with van der Waals surface area (Å²) in [6, 6.07) is 7.65. The zero-order valence-electron chi connectivity index (χ0n) is 18.6. The van der Waals surface area contributed by atoms with E-state index in [4.69, 9.17) is 23.1 Å². The van der Waals surface area contributed by atoms with Gasteiger partial charge < -0.3 is 21.3 Å². The van der Waals surface area contributed by atoms with E-state index >= 15 is 0 Å². The van der Waals surface area contributed by atoms with E-state index in [1.807, 2.05) is 0 Å². The maximum absolute atomic E-state index is 13.6. The SMILES string of the molecule is N[C@@H](CN1C(=O)C(=Cc2cc(-c3ccc(F)c(F)c3)cs2)SC1=S)C(=O)Nc1ccc(C(=O)O)c(O)c1. The highest BCUT2D eigenvalue weighted by Crippen LogP contribution is 2.35. The van der Waals surface area contributed by atoms with Gasteiger partial charge in [-0.25, -0.2) is 13.6 Å². The van der Waals surface area contributed by atoms with Crippen molar-refractivity contribution in [1.82, 2.24) is 4.90 Å². The lowest BCUT2D eigenvalue weighted by atomic mass is 10.1. The zero-order valence-corrected chi connectivity index (χ0v) is 21.1. The Bertz CT molecular complexity index is 1470. The fourth-order valence-electron chi connectivity index (χ4n) is 3.35. The van der Waals surface area contributed by atoms with Crippen LogP contribution in [0.1, 0.15) is 15.2 Å². The minimum absolute atomic E-state index is 0.128. The molecule has 0 aliphatic carbocycles. The second-order valence-electron chi connectivity index (χ2n) is 7.79. The van der Waals surface area contributed by atoms with Crippen LogP contribution in [0.5, 0.6) is 5.75 Å². The summed E-state index contributed by atoms with van der Waals surface area (Å²) in [6.45, 7) is -0.211. The van der Waals surface area contributed by atoms with E-state index in [2.05, 4.69) is 5.32 Å². The predicted molar refractivity (Wildman–Crippen MR) is 141 cm³/mol. The number of rotatable bonds is 7. The Balaban J connectivity index is 1.42. The van der Waals surface area contributed by atoms with Crippen molar-refractivity contribution in [1.29, 1.82) is 0 Å².